The normalized spacial score (nSPS) is 19.8. The topological polar surface area (TPSA) is 71.8 Å². The Labute approximate surface area is 153 Å². The largest absolute Gasteiger partial charge is 0.484 e. The summed E-state index contributed by atoms with van der Waals surface area (Å²) >= 11 is 0. The van der Waals surface area contributed by atoms with Gasteiger partial charge in [0.2, 0.25) is 0 Å². The van der Waals surface area contributed by atoms with E-state index in [0.29, 0.717) is 23.3 Å². The van der Waals surface area contributed by atoms with Crippen molar-refractivity contribution in [2.24, 2.45) is 11.8 Å². The molecule has 1 saturated heterocycles. The van der Waals surface area contributed by atoms with Crippen molar-refractivity contribution in [3.8, 4) is 5.75 Å². The van der Waals surface area contributed by atoms with Crippen molar-refractivity contribution in [3.05, 3.63) is 48.4 Å². The number of hydrogen-bond acceptors (Lipinski definition) is 4. The van der Waals surface area contributed by atoms with E-state index >= 15 is 0 Å². The second-order valence-electron chi connectivity index (χ2n) is 6.99. The van der Waals surface area contributed by atoms with Gasteiger partial charge in [0.1, 0.15) is 5.75 Å². The number of amides is 2. The molecule has 1 N–H and O–H groups in total. The number of hydrogen-bond donors (Lipinski definition) is 1. The predicted molar refractivity (Wildman–Crippen MR) is 98.1 cm³/mol. The summed E-state index contributed by atoms with van der Waals surface area (Å²) in [5.41, 5.74) is 0.628. The van der Waals surface area contributed by atoms with Crippen LogP contribution in [0.2, 0.25) is 0 Å². The molecule has 0 aliphatic carbocycles. The molecule has 6 nitrogen and oxygen atoms in total. The number of likely N-dealkylation sites (tertiary alicyclic amines) is 1. The molecule has 1 aliphatic rings. The summed E-state index contributed by atoms with van der Waals surface area (Å²) < 4.78 is 10.7. The highest BCUT2D eigenvalue weighted by Crippen LogP contribution is 2.21. The summed E-state index contributed by atoms with van der Waals surface area (Å²) in [5, 5.41) is 2.73. The van der Waals surface area contributed by atoms with Crippen LogP contribution in [0.5, 0.6) is 5.75 Å². The number of nitrogens with one attached hydrogen (secondary N) is 1. The Bertz CT molecular complexity index is 730. The molecule has 1 fully saturated rings. The molecule has 6 heteroatoms. The van der Waals surface area contributed by atoms with Gasteiger partial charge in [0, 0.05) is 18.8 Å². The molecule has 2 amide bonds. The average molecular weight is 356 g/mol. The molecule has 2 aromatic rings. The Morgan fingerprint density at radius 1 is 1.15 bits per heavy atom. The quantitative estimate of drug-likeness (QED) is 0.891. The number of benzene rings is 1. The molecule has 2 unspecified atom stereocenters. The van der Waals surface area contributed by atoms with Gasteiger partial charge in [-0.1, -0.05) is 13.8 Å². The minimum absolute atomic E-state index is 0.0126. The first-order valence-electron chi connectivity index (χ1n) is 8.86. The highest BCUT2D eigenvalue weighted by molar-refractivity contribution is 6.02. The van der Waals surface area contributed by atoms with Crippen molar-refractivity contribution in [2.45, 2.75) is 20.3 Å². The number of furan rings is 1. The van der Waals surface area contributed by atoms with Crippen LogP contribution >= 0.6 is 0 Å². The zero-order valence-corrected chi connectivity index (χ0v) is 15.1. The molecule has 3 rings (SSSR count). The molecule has 0 radical (unpaired) electrons. The van der Waals surface area contributed by atoms with E-state index in [-0.39, 0.29) is 24.2 Å². The fraction of sp³-hybridized carbons (Fsp3) is 0.400. The van der Waals surface area contributed by atoms with E-state index < -0.39 is 0 Å². The van der Waals surface area contributed by atoms with Gasteiger partial charge in [0.15, 0.2) is 12.4 Å². The van der Waals surface area contributed by atoms with E-state index in [1.165, 1.54) is 6.26 Å². The van der Waals surface area contributed by atoms with E-state index in [1.807, 2.05) is 4.90 Å². The fourth-order valence-electron chi connectivity index (χ4n) is 3.34. The Kier molecular flexibility index (Phi) is 5.61. The Hall–Kier alpha value is -2.76. The Morgan fingerprint density at radius 3 is 2.46 bits per heavy atom. The summed E-state index contributed by atoms with van der Waals surface area (Å²) in [4.78, 5) is 26.1. The molecule has 2 atom stereocenters. The summed E-state index contributed by atoms with van der Waals surface area (Å²) in [6.45, 7) is 5.96. The van der Waals surface area contributed by atoms with Gasteiger partial charge in [-0.3, -0.25) is 9.59 Å². The third-order valence-corrected chi connectivity index (χ3v) is 4.44. The van der Waals surface area contributed by atoms with Gasteiger partial charge < -0.3 is 19.4 Å². The Morgan fingerprint density at radius 2 is 1.85 bits per heavy atom. The minimum atomic E-state index is -0.313. The summed E-state index contributed by atoms with van der Waals surface area (Å²) in [6.07, 6.45) is 2.61. The van der Waals surface area contributed by atoms with Crippen LogP contribution in [0, 0.1) is 11.8 Å². The van der Waals surface area contributed by atoms with Crippen LogP contribution in [0.25, 0.3) is 0 Å². The number of anilines is 1. The van der Waals surface area contributed by atoms with E-state index in [2.05, 4.69) is 19.2 Å². The standard InChI is InChI=1S/C20H24N2O4/c1-14-10-15(2)12-22(11-14)19(23)13-26-17-7-5-16(6-8-17)21-20(24)18-4-3-9-25-18/h3-9,14-15H,10-13H2,1-2H3,(H,21,24). The highest BCUT2D eigenvalue weighted by atomic mass is 16.5. The summed E-state index contributed by atoms with van der Waals surface area (Å²) in [6, 6.07) is 10.2. The number of carbonyl (C=O) groups excluding carboxylic acids is 2. The molecule has 26 heavy (non-hydrogen) atoms. The molecule has 138 valence electrons. The van der Waals surface area contributed by atoms with Crippen molar-refractivity contribution in [3.63, 3.8) is 0 Å². The van der Waals surface area contributed by atoms with Crippen LogP contribution in [-0.4, -0.2) is 36.4 Å². The smallest absolute Gasteiger partial charge is 0.291 e. The molecule has 1 aromatic heterocycles. The van der Waals surface area contributed by atoms with Crippen LogP contribution in [0.3, 0.4) is 0 Å². The third-order valence-electron chi connectivity index (χ3n) is 4.44. The van der Waals surface area contributed by atoms with E-state index in [1.54, 1.807) is 36.4 Å². The first-order valence-corrected chi connectivity index (χ1v) is 8.86. The lowest BCUT2D eigenvalue weighted by Crippen LogP contribution is -2.44. The van der Waals surface area contributed by atoms with E-state index in [4.69, 9.17) is 9.15 Å². The van der Waals surface area contributed by atoms with E-state index in [9.17, 15) is 9.59 Å². The van der Waals surface area contributed by atoms with Crippen molar-refractivity contribution < 1.29 is 18.7 Å². The fourth-order valence-corrected chi connectivity index (χ4v) is 3.34. The van der Waals surface area contributed by atoms with Crippen LogP contribution < -0.4 is 10.1 Å². The zero-order chi connectivity index (χ0) is 18.5. The maximum atomic E-state index is 12.3. The van der Waals surface area contributed by atoms with Gasteiger partial charge in [-0.25, -0.2) is 0 Å². The lowest BCUT2D eigenvalue weighted by atomic mass is 9.92. The molecule has 1 aliphatic heterocycles. The van der Waals surface area contributed by atoms with Crippen LogP contribution in [-0.2, 0) is 4.79 Å². The predicted octanol–water partition coefficient (Wildman–Crippen LogP) is 3.42. The van der Waals surface area contributed by atoms with Crippen molar-refractivity contribution in [1.29, 1.82) is 0 Å². The first-order chi connectivity index (χ1) is 12.5. The first kappa shape index (κ1) is 18.0. The number of piperidine rings is 1. The number of nitrogens with zero attached hydrogens (tertiary/aromatic N) is 1. The van der Waals surface area contributed by atoms with E-state index in [0.717, 1.165) is 19.5 Å². The second kappa shape index (κ2) is 8.08. The number of carbonyl (C=O) groups is 2. The van der Waals surface area contributed by atoms with Gasteiger partial charge in [-0.2, -0.15) is 0 Å². The molecule has 1 aromatic carbocycles. The van der Waals surface area contributed by atoms with Crippen molar-refractivity contribution in [2.75, 3.05) is 25.0 Å². The molecule has 0 bridgehead atoms. The lowest BCUT2D eigenvalue weighted by Gasteiger charge is -2.34. The maximum Gasteiger partial charge on any atom is 0.291 e. The second-order valence-corrected chi connectivity index (χ2v) is 6.99. The van der Waals surface area contributed by atoms with Gasteiger partial charge in [0.25, 0.3) is 11.8 Å². The number of rotatable bonds is 5. The minimum Gasteiger partial charge on any atom is -0.484 e. The summed E-state index contributed by atoms with van der Waals surface area (Å²) in [7, 11) is 0. The molecule has 0 spiro atoms. The van der Waals surface area contributed by atoms with Gasteiger partial charge in [0.05, 0.1) is 6.26 Å². The molecular formula is C20H24N2O4. The van der Waals surface area contributed by atoms with Crippen LogP contribution in [0.1, 0.15) is 30.8 Å². The zero-order valence-electron chi connectivity index (χ0n) is 15.1. The van der Waals surface area contributed by atoms with Gasteiger partial charge in [-0.15, -0.1) is 0 Å². The van der Waals surface area contributed by atoms with Crippen LogP contribution in [0.15, 0.2) is 47.1 Å². The number of ether oxygens (including phenoxy) is 1. The lowest BCUT2D eigenvalue weighted by molar-refractivity contribution is -0.136. The summed E-state index contributed by atoms with van der Waals surface area (Å²) in [5.74, 6) is 1.60. The van der Waals surface area contributed by atoms with Crippen molar-refractivity contribution in [1.82, 2.24) is 4.90 Å². The molecule has 0 saturated carbocycles. The van der Waals surface area contributed by atoms with Crippen molar-refractivity contribution >= 4 is 17.5 Å². The monoisotopic (exact) mass is 356 g/mol. The SMILES string of the molecule is CC1CC(C)CN(C(=O)COc2ccc(NC(=O)c3ccco3)cc2)C1. The third kappa shape index (κ3) is 4.65. The van der Waals surface area contributed by atoms with Gasteiger partial charge >= 0.3 is 0 Å². The van der Waals surface area contributed by atoms with Crippen LogP contribution in [0.4, 0.5) is 5.69 Å². The molecule has 2 heterocycles. The molecular weight excluding hydrogens is 332 g/mol. The Balaban J connectivity index is 1.49. The highest BCUT2D eigenvalue weighted by Gasteiger charge is 2.25. The van der Waals surface area contributed by atoms with Gasteiger partial charge in [-0.05, 0) is 54.7 Å². The maximum absolute atomic E-state index is 12.3. The average Bonchev–Trinajstić information content (AvgIpc) is 3.15.